The number of pyridine rings is 1. The van der Waals surface area contributed by atoms with E-state index in [-0.39, 0.29) is 0 Å². The first kappa shape index (κ1) is 9.52. The highest BCUT2D eigenvalue weighted by Crippen LogP contribution is 2.21. The van der Waals surface area contributed by atoms with Crippen LogP contribution in [0.3, 0.4) is 0 Å². The van der Waals surface area contributed by atoms with Crippen molar-refractivity contribution in [1.29, 1.82) is 0 Å². The van der Waals surface area contributed by atoms with Crippen molar-refractivity contribution in [2.24, 2.45) is 0 Å². The summed E-state index contributed by atoms with van der Waals surface area (Å²) in [5.74, 6) is 1.99. The van der Waals surface area contributed by atoms with E-state index in [0.717, 1.165) is 11.3 Å². The zero-order valence-corrected chi connectivity index (χ0v) is 8.47. The number of benzene rings is 1. The Balaban J connectivity index is 2.18. The molecule has 1 aromatic heterocycles. The SMILES string of the molecule is Cc1cccc(Oc2ccc(N)nc2)c1. The van der Waals surface area contributed by atoms with Gasteiger partial charge in [-0.1, -0.05) is 12.1 Å². The van der Waals surface area contributed by atoms with Crippen LogP contribution in [0.5, 0.6) is 11.5 Å². The van der Waals surface area contributed by atoms with Crippen LogP contribution in [0.15, 0.2) is 42.6 Å². The van der Waals surface area contributed by atoms with Crippen molar-refractivity contribution in [1.82, 2.24) is 4.98 Å². The Hall–Kier alpha value is -2.03. The summed E-state index contributed by atoms with van der Waals surface area (Å²) in [5.41, 5.74) is 6.64. The number of aromatic nitrogens is 1. The molecule has 0 saturated carbocycles. The molecule has 0 bridgehead atoms. The Bertz CT molecular complexity index is 451. The Morgan fingerprint density at radius 1 is 1.13 bits per heavy atom. The molecule has 0 aliphatic rings. The molecule has 76 valence electrons. The van der Waals surface area contributed by atoms with Crippen molar-refractivity contribution >= 4 is 5.82 Å². The number of rotatable bonds is 2. The Morgan fingerprint density at radius 2 is 2.00 bits per heavy atom. The van der Waals surface area contributed by atoms with Crippen LogP contribution >= 0.6 is 0 Å². The maximum atomic E-state index is 5.60. The van der Waals surface area contributed by atoms with Crippen LogP contribution in [0.25, 0.3) is 0 Å². The monoisotopic (exact) mass is 200 g/mol. The van der Waals surface area contributed by atoms with E-state index in [4.69, 9.17) is 10.5 Å². The summed E-state index contributed by atoms with van der Waals surface area (Å²) in [7, 11) is 0. The zero-order chi connectivity index (χ0) is 10.7. The molecule has 3 heteroatoms. The number of nitrogen functional groups attached to an aromatic ring is 1. The van der Waals surface area contributed by atoms with Crippen LogP contribution in [0.2, 0.25) is 0 Å². The van der Waals surface area contributed by atoms with Gasteiger partial charge in [0.1, 0.15) is 17.3 Å². The van der Waals surface area contributed by atoms with Crippen molar-refractivity contribution in [2.75, 3.05) is 5.73 Å². The van der Waals surface area contributed by atoms with Gasteiger partial charge in [-0.15, -0.1) is 0 Å². The molecule has 1 aromatic carbocycles. The molecule has 0 radical (unpaired) electrons. The number of ether oxygens (including phenoxy) is 1. The van der Waals surface area contributed by atoms with Gasteiger partial charge in [0.15, 0.2) is 0 Å². The van der Waals surface area contributed by atoms with Crippen LogP contribution in [-0.2, 0) is 0 Å². The van der Waals surface area contributed by atoms with E-state index in [1.54, 1.807) is 18.3 Å². The molecule has 15 heavy (non-hydrogen) atoms. The van der Waals surface area contributed by atoms with Gasteiger partial charge in [-0.3, -0.25) is 0 Å². The van der Waals surface area contributed by atoms with Crippen LogP contribution in [-0.4, -0.2) is 4.98 Å². The quantitative estimate of drug-likeness (QED) is 0.810. The maximum Gasteiger partial charge on any atom is 0.145 e. The summed E-state index contributed by atoms with van der Waals surface area (Å²) in [5, 5.41) is 0. The van der Waals surface area contributed by atoms with Gasteiger partial charge in [0.05, 0.1) is 6.20 Å². The summed E-state index contributed by atoms with van der Waals surface area (Å²) in [6, 6.07) is 11.4. The number of aryl methyl sites for hydroxylation is 1. The fraction of sp³-hybridized carbons (Fsp3) is 0.0833. The highest BCUT2D eigenvalue weighted by molar-refractivity contribution is 5.36. The molecule has 0 unspecified atom stereocenters. The first-order valence-corrected chi connectivity index (χ1v) is 4.70. The predicted octanol–water partition coefficient (Wildman–Crippen LogP) is 2.76. The molecular formula is C12H12N2O. The number of hydrogen-bond donors (Lipinski definition) is 1. The van der Waals surface area contributed by atoms with Gasteiger partial charge in [-0.05, 0) is 36.8 Å². The standard InChI is InChI=1S/C12H12N2O/c1-9-3-2-4-10(7-9)15-11-5-6-12(13)14-8-11/h2-8H,1H3,(H2,13,14). The largest absolute Gasteiger partial charge is 0.456 e. The van der Waals surface area contributed by atoms with Crippen molar-refractivity contribution in [2.45, 2.75) is 6.92 Å². The van der Waals surface area contributed by atoms with Gasteiger partial charge in [0.25, 0.3) is 0 Å². The number of hydrogen-bond acceptors (Lipinski definition) is 3. The minimum Gasteiger partial charge on any atom is -0.456 e. The van der Waals surface area contributed by atoms with Crippen LogP contribution in [0.1, 0.15) is 5.56 Å². The van der Waals surface area contributed by atoms with Gasteiger partial charge in [-0.2, -0.15) is 0 Å². The molecule has 0 saturated heterocycles. The lowest BCUT2D eigenvalue weighted by atomic mass is 10.2. The minimum atomic E-state index is 0.492. The van der Waals surface area contributed by atoms with Crippen LogP contribution in [0, 0.1) is 6.92 Å². The first-order chi connectivity index (χ1) is 7.24. The second-order valence-corrected chi connectivity index (χ2v) is 3.34. The third-order valence-electron chi connectivity index (χ3n) is 1.98. The van der Waals surface area contributed by atoms with Crippen molar-refractivity contribution in [3.8, 4) is 11.5 Å². The van der Waals surface area contributed by atoms with E-state index in [2.05, 4.69) is 4.98 Å². The highest BCUT2D eigenvalue weighted by atomic mass is 16.5. The van der Waals surface area contributed by atoms with Crippen molar-refractivity contribution < 1.29 is 4.74 Å². The molecule has 0 aliphatic carbocycles. The number of anilines is 1. The molecule has 0 spiro atoms. The lowest BCUT2D eigenvalue weighted by Crippen LogP contribution is -1.90. The molecule has 2 rings (SSSR count). The van der Waals surface area contributed by atoms with Gasteiger partial charge in [0, 0.05) is 0 Å². The molecule has 0 aliphatic heterocycles. The van der Waals surface area contributed by atoms with Crippen molar-refractivity contribution in [3.63, 3.8) is 0 Å². The highest BCUT2D eigenvalue weighted by Gasteiger charge is 1.97. The third-order valence-corrected chi connectivity index (χ3v) is 1.98. The van der Waals surface area contributed by atoms with Gasteiger partial charge in [-0.25, -0.2) is 4.98 Å². The molecule has 0 atom stereocenters. The topological polar surface area (TPSA) is 48.1 Å². The lowest BCUT2D eigenvalue weighted by Gasteiger charge is -2.05. The van der Waals surface area contributed by atoms with E-state index < -0.39 is 0 Å². The molecule has 2 N–H and O–H groups in total. The smallest absolute Gasteiger partial charge is 0.145 e. The first-order valence-electron chi connectivity index (χ1n) is 4.70. The summed E-state index contributed by atoms with van der Waals surface area (Å²) < 4.78 is 5.60. The molecule has 3 nitrogen and oxygen atoms in total. The fourth-order valence-electron chi connectivity index (χ4n) is 1.27. The molecular weight excluding hydrogens is 188 g/mol. The Labute approximate surface area is 88.5 Å². The van der Waals surface area contributed by atoms with Crippen molar-refractivity contribution in [3.05, 3.63) is 48.2 Å². The number of nitrogens with two attached hydrogens (primary N) is 1. The average Bonchev–Trinajstić information content (AvgIpc) is 2.22. The van der Waals surface area contributed by atoms with Gasteiger partial charge < -0.3 is 10.5 Å². The van der Waals surface area contributed by atoms with E-state index in [9.17, 15) is 0 Å². The van der Waals surface area contributed by atoms with Crippen LogP contribution in [0.4, 0.5) is 5.82 Å². The van der Waals surface area contributed by atoms with E-state index in [0.29, 0.717) is 11.6 Å². The third kappa shape index (κ3) is 2.47. The van der Waals surface area contributed by atoms with E-state index in [1.165, 1.54) is 0 Å². The normalized spacial score (nSPS) is 9.93. The summed E-state index contributed by atoms with van der Waals surface area (Å²) >= 11 is 0. The number of nitrogens with zero attached hydrogens (tertiary/aromatic N) is 1. The summed E-state index contributed by atoms with van der Waals surface area (Å²) in [6.07, 6.45) is 1.61. The molecule has 2 aromatic rings. The minimum absolute atomic E-state index is 0.492. The average molecular weight is 200 g/mol. The lowest BCUT2D eigenvalue weighted by molar-refractivity contribution is 0.480. The van der Waals surface area contributed by atoms with E-state index >= 15 is 0 Å². The molecule has 1 heterocycles. The zero-order valence-electron chi connectivity index (χ0n) is 8.47. The fourth-order valence-corrected chi connectivity index (χ4v) is 1.27. The summed E-state index contributed by atoms with van der Waals surface area (Å²) in [6.45, 7) is 2.02. The van der Waals surface area contributed by atoms with Gasteiger partial charge in [0.2, 0.25) is 0 Å². The predicted molar refractivity (Wildman–Crippen MR) is 59.9 cm³/mol. The Morgan fingerprint density at radius 3 is 2.67 bits per heavy atom. The Kier molecular flexibility index (Phi) is 2.54. The van der Waals surface area contributed by atoms with Gasteiger partial charge >= 0.3 is 0 Å². The maximum absolute atomic E-state index is 5.60. The summed E-state index contributed by atoms with van der Waals surface area (Å²) in [4.78, 5) is 3.95. The molecule has 0 amide bonds. The second-order valence-electron chi connectivity index (χ2n) is 3.34. The second kappa shape index (κ2) is 4.00. The molecule has 0 fully saturated rings. The van der Waals surface area contributed by atoms with Crippen LogP contribution < -0.4 is 10.5 Å². The van der Waals surface area contributed by atoms with E-state index in [1.807, 2.05) is 31.2 Å².